The summed E-state index contributed by atoms with van der Waals surface area (Å²) in [7, 11) is 0. The molecule has 0 aliphatic heterocycles. The summed E-state index contributed by atoms with van der Waals surface area (Å²) in [6.07, 6.45) is 3.70. The Bertz CT molecular complexity index is 599. The number of hydrogen-bond acceptors (Lipinski definition) is 2. The van der Waals surface area contributed by atoms with E-state index in [0.717, 1.165) is 10.8 Å². The van der Waals surface area contributed by atoms with Crippen LogP contribution < -0.4 is 10.9 Å². The zero-order valence-corrected chi connectivity index (χ0v) is 8.44. The lowest BCUT2D eigenvalue weighted by Gasteiger charge is -2.01. The van der Waals surface area contributed by atoms with Crippen molar-refractivity contribution in [3.05, 3.63) is 52.6 Å². The Hall–Kier alpha value is -2.36. The van der Waals surface area contributed by atoms with Crippen molar-refractivity contribution in [2.75, 3.05) is 0 Å². The van der Waals surface area contributed by atoms with E-state index in [9.17, 15) is 9.59 Å². The van der Waals surface area contributed by atoms with Crippen molar-refractivity contribution < 1.29 is 4.79 Å². The summed E-state index contributed by atoms with van der Waals surface area (Å²) in [6.45, 7) is 0. The van der Waals surface area contributed by atoms with Crippen LogP contribution in [0, 0.1) is 0 Å². The first-order valence-corrected chi connectivity index (χ1v) is 4.79. The van der Waals surface area contributed by atoms with E-state index in [1.807, 2.05) is 24.3 Å². The first kappa shape index (κ1) is 10.2. The van der Waals surface area contributed by atoms with Gasteiger partial charge < -0.3 is 10.3 Å². The second-order valence-corrected chi connectivity index (χ2v) is 3.25. The van der Waals surface area contributed by atoms with Crippen LogP contribution in [0.25, 0.3) is 16.8 Å². The lowest BCUT2D eigenvalue weighted by Crippen LogP contribution is -2.06. The number of benzene rings is 1. The number of carbonyl (C=O) groups excluding carboxylic acids is 1. The molecule has 80 valence electrons. The van der Waals surface area contributed by atoms with E-state index in [2.05, 4.69) is 10.3 Å². The molecular weight excluding hydrogens is 204 g/mol. The van der Waals surface area contributed by atoms with Crippen molar-refractivity contribution in [3.63, 3.8) is 0 Å². The van der Waals surface area contributed by atoms with Gasteiger partial charge in [0.15, 0.2) is 0 Å². The van der Waals surface area contributed by atoms with Crippen LogP contribution in [0.4, 0.5) is 0 Å². The van der Waals surface area contributed by atoms with Crippen molar-refractivity contribution >= 4 is 23.3 Å². The van der Waals surface area contributed by atoms with Gasteiger partial charge in [-0.3, -0.25) is 9.59 Å². The van der Waals surface area contributed by atoms with Crippen LogP contribution in [-0.2, 0) is 4.79 Å². The van der Waals surface area contributed by atoms with E-state index in [1.165, 1.54) is 6.20 Å². The Morgan fingerprint density at radius 1 is 1.25 bits per heavy atom. The standard InChI is InChI=1S/C12H10N2O2/c15-8-13-6-5-11-10-4-2-1-3-9(10)7-12(16)14-11/h1-8H,(H,13,15)(H,14,16)/b6-5+. The van der Waals surface area contributed by atoms with E-state index < -0.39 is 0 Å². The Kier molecular flexibility index (Phi) is 2.82. The average molecular weight is 214 g/mol. The van der Waals surface area contributed by atoms with Gasteiger partial charge in [0, 0.05) is 17.7 Å². The molecule has 4 nitrogen and oxygen atoms in total. The molecule has 0 aliphatic rings. The van der Waals surface area contributed by atoms with Gasteiger partial charge >= 0.3 is 0 Å². The van der Waals surface area contributed by atoms with Crippen LogP contribution in [0.5, 0.6) is 0 Å². The Morgan fingerprint density at radius 2 is 2.06 bits per heavy atom. The van der Waals surface area contributed by atoms with Crippen LogP contribution in [0.15, 0.2) is 41.3 Å². The predicted octanol–water partition coefficient (Wildman–Crippen LogP) is 1.24. The fraction of sp³-hybridized carbons (Fsp3) is 0. The topological polar surface area (TPSA) is 62.0 Å². The molecule has 0 radical (unpaired) electrons. The maximum atomic E-state index is 11.4. The monoisotopic (exact) mass is 214 g/mol. The summed E-state index contributed by atoms with van der Waals surface area (Å²) >= 11 is 0. The van der Waals surface area contributed by atoms with Gasteiger partial charge in [0.2, 0.25) is 12.0 Å². The van der Waals surface area contributed by atoms with Crippen LogP contribution in [0.3, 0.4) is 0 Å². The van der Waals surface area contributed by atoms with Gasteiger partial charge in [-0.25, -0.2) is 0 Å². The number of aromatic nitrogens is 1. The smallest absolute Gasteiger partial charge is 0.249 e. The van der Waals surface area contributed by atoms with Crippen molar-refractivity contribution in [3.8, 4) is 0 Å². The quantitative estimate of drug-likeness (QED) is 0.755. The molecule has 1 heterocycles. The molecule has 2 N–H and O–H groups in total. The third-order valence-electron chi connectivity index (χ3n) is 2.21. The summed E-state index contributed by atoms with van der Waals surface area (Å²) in [4.78, 5) is 24.2. The molecular formula is C12H10N2O2. The molecule has 0 spiro atoms. The van der Waals surface area contributed by atoms with Crippen molar-refractivity contribution in [1.82, 2.24) is 10.3 Å². The number of nitrogens with one attached hydrogen (secondary N) is 2. The molecule has 0 atom stereocenters. The molecule has 2 aromatic rings. The van der Waals surface area contributed by atoms with Crippen LogP contribution >= 0.6 is 0 Å². The molecule has 2 rings (SSSR count). The van der Waals surface area contributed by atoms with Crippen molar-refractivity contribution in [2.24, 2.45) is 0 Å². The SMILES string of the molecule is O=CN/C=C/c1[nH]c(=O)cc2ccccc12. The summed E-state index contributed by atoms with van der Waals surface area (Å²) < 4.78 is 0. The highest BCUT2D eigenvalue weighted by Gasteiger charge is 1.98. The molecule has 4 heteroatoms. The zero-order valence-electron chi connectivity index (χ0n) is 8.44. The van der Waals surface area contributed by atoms with Gasteiger partial charge in [0.1, 0.15) is 0 Å². The van der Waals surface area contributed by atoms with E-state index >= 15 is 0 Å². The van der Waals surface area contributed by atoms with Crippen LogP contribution in [-0.4, -0.2) is 11.4 Å². The highest BCUT2D eigenvalue weighted by molar-refractivity contribution is 5.88. The highest BCUT2D eigenvalue weighted by Crippen LogP contribution is 2.15. The summed E-state index contributed by atoms with van der Waals surface area (Å²) in [5, 5.41) is 4.21. The van der Waals surface area contributed by atoms with Crippen molar-refractivity contribution in [2.45, 2.75) is 0 Å². The largest absolute Gasteiger partial charge is 0.335 e. The highest BCUT2D eigenvalue weighted by atomic mass is 16.1. The lowest BCUT2D eigenvalue weighted by molar-refractivity contribution is -0.108. The first-order valence-electron chi connectivity index (χ1n) is 4.79. The van der Waals surface area contributed by atoms with Gasteiger partial charge in [-0.15, -0.1) is 0 Å². The number of carbonyl (C=O) groups is 1. The van der Waals surface area contributed by atoms with E-state index in [1.54, 1.807) is 12.1 Å². The Morgan fingerprint density at radius 3 is 2.88 bits per heavy atom. The molecule has 0 saturated carbocycles. The van der Waals surface area contributed by atoms with Crippen LogP contribution in [0.1, 0.15) is 5.69 Å². The van der Waals surface area contributed by atoms with Crippen LogP contribution in [0.2, 0.25) is 0 Å². The normalized spacial score (nSPS) is 10.8. The number of amides is 1. The maximum Gasteiger partial charge on any atom is 0.249 e. The second kappa shape index (κ2) is 4.44. The van der Waals surface area contributed by atoms with Gasteiger partial charge in [-0.1, -0.05) is 24.3 Å². The fourth-order valence-electron chi connectivity index (χ4n) is 1.55. The predicted molar refractivity (Wildman–Crippen MR) is 62.8 cm³/mol. The number of fused-ring (bicyclic) bond motifs is 1. The summed E-state index contributed by atoms with van der Waals surface area (Å²) in [5.74, 6) is 0. The average Bonchev–Trinajstić information content (AvgIpc) is 2.29. The number of H-pyrrole nitrogens is 1. The Labute approximate surface area is 91.6 Å². The van der Waals surface area contributed by atoms with E-state index in [-0.39, 0.29) is 5.56 Å². The van der Waals surface area contributed by atoms with Gasteiger partial charge in [0.25, 0.3) is 0 Å². The van der Waals surface area contributed by atoms with Gasteiger partial charge in [-0.2, -0.15) is 0 Å². The molecule has 16 heavy (non-hydrogen) atoms. The molecule has 0 unspecified atom stereocenters. The summed E-state index contributed by atoms with van der Waals surface area (Å²) in [6, 6.07) is 9.09. The minimum absolute atomic E-state index is 0.163. The summed E-state index contributed by atoms with van der Waals surface area (Å²) in [5.41, 5.74) is 0.516. The molecule has 1 aromatic heterocycles. The lowest BCUT2D eigenvalue weighted by atomic mass is 10.1. The third kappa shape index (κ3) is 2.00. The molecule has 1 aromatic carbocycles. The number of hydrogen-bond donors (Lipinski definition) is 2. The second-order valence-electron chi connectivity index (χ2n) is 3.25. The molecule has 0 fully saturated rings. The fourth-order valence-corrected chi connectivity index (χ4v) is 1.55. The molecule has 0 saturated heterocycles. The van der Waals surface area contributed by atoms with E-state index in [0.29, 0.717) is 12.1 Å². The van der Waals surface area contributed by atoms with E-state index in [4.69, 9.17) is 0 Å². The van der Waals surface area contributed by atoms with Gasteiger partial charge in [-0.05, 0) is 11.5 Å². The number of pyridine rings is 1. The number of rotatable bonds is 3. The minimum atomic E-state index is -0.163. The molecule has 0 bridgehead atoms. The zero-order chi connectivity index (χ0) is 11.4. The first-order chi connectivity index (χ1) is 7.81. The van der Waals surface area contributed by atoms with Gasteiger partial charge in [0.05, 0.1) is 5.69 Å². The maximum absolute atomic E-state index is 11.4. The van der Waals surface area contributed by atoms with Crippen molar-refractivity contribution in [1.29, 1.82) is 0 Å². The third-order valence-corrected chi connectivity index (χ3v) is 2.21. The number of aromatic amines is 1. The minimum Gasteiger partial charge on any atom is -0.335 e. The molecule has 0 aliphatic carbocycles. The Balaban J connectivity index is 2.58. The molecule has 1 amide bonds.